The molecule has 0 saturated heterocycles. The minimum absolute atomic E-state index is 0.413. The highest BCUT2D eigenvalue weighted by Gasteiger charge is 2.21. The summed E-state index contributed by atoms with van der Waals surface area (Å²) in [7, 11) is 2.03. The van der Waals surface area contributed by atoms with Gasteiger partial charge in [-0.1, -0.05) is 13.8 Å². The third-order valence-corrected chi connectivity index (χ3v) is 3.40. The van der Waals surface area contributed by atoms with Crippen LogP contribution in [-0.2, 0) is 6.42 Å². The molecule has 1 aromatic heterocycles. The van der Waals surface area contributed by atoms with Gasteiger partial charge in [0.2, 0.25) is 0 Å². The summed E-state index contributed by atoms with van der Waals surface area (Å²) in [6, 6.07) is 2.23. The SMILES string of the molecule is CCC(C)(CNC)Cc1ccsc1. The van der Waals surface area contributed by atoms with Crippen molar-refractivity contribution in [2.75, 3.05) is 13.6 Å². The van der Waals surface area contributed by atoms with E-state index < -0.39 is 0 Å². The molecule has 1 heterocycles. The highest BCUT2D eigenvalue weighted by atomic mass is 32.1. The van der Waals surface area contributed by atoms with Crippen LogP contribution in [-0.4, -0.2) is 13.6 Å². The molecule has 1 rings (SSSR count). The van der Waals surface area contributed by atoms with Gasteiger partial charge in [-0.15, -0.1) is 0 Å². The minimum Gasteiger partial charge on any atom is -0.319 e. The fourth-order valence-corrected chi connectivity index (χ4v) is 2.29. The Kier molecular flexibility index (Phi) is 3.94. The van der Waals surface area contributed by atoms with Crippen molar-refractivity contribution in [3.63, 3.8) is 0 Å². The fourth-order valence-electron chi connectivity index (χ4n) is 1.63. The second kappa shape index (κ2) is 4.77. The molecule has 0 aliphatic carbocycles. The summed E-state index contributed by atoms with van der Waals surface area (Å²) in [6.45, 7) is 5.71. The normalized spacial score (nSPS) is 15.6. The first-order valence-corrected chi connectivity index (χ1v) is 5.80. The quantitative estimate of drug-likeness (QED) is 0.765. The molecule has 74 valence electrons. The molecule has 0 aliphatic rings. The first-order chi connectivity index (χ1) is 6.20. The number of nitrogens with one attached hydrogen (secondary N) is 1. The molecule has 1 unspecified atom stereocenters. The predicted molar refractivity (Wildman–Crippen MR) is 60.3 cm³/mol. The fraction of sp³-hybridized carbons (Fsp3) is 0.636. The zero-order valence-electron chi connectivity index (χ0n) is 8.76. The van der Waals surface area contributed by atoms with Crippen LogP contribution in [0.15, 0.2) is 16.8 Å². The third kappa shape index (κ3) is 3.12. The molecular formula is C11H19NS. The van der Waals surface area contributed by atoms with Gasteiger partial charge in [-0.2, -0.15) is 11.3 Å². The van der Waals surface area contributed by atoms with Gasteiger partial charge in [0.25, 0.3) is 0 Å². The van der Waals surface area contributed by atoms with Crippen LogP contribution in [0.1, 0.15) is 25.8 Å². The van der Waals surface area contributed by atoms with E-state index in [9.17, 15) is 0 Å². The molecule has 1 atom stereocenters. The van der Waals surface area contributed by atoms with Crippen molar-refractivity contribution in [3.8, 4) is 0 Å². The minimum atomic E-state index is 0.413. The van der Waals surface area contributed by atoms with E-state index in [1.165, 1.54) is 18.4 Å². The average molecular weight is 197 g/mol. The molecule has 1 N–H and O–H groups in total. The Morgan fingerprint density at radius 1 is 1.54 bits per heavy atom. The molecule has 0 aromatic carbocycles. The first-order valence-electron chi connectivity index (χ1n) is 4.86. The van der Waals surface area contributed by atoms with Crippen molar-refractivity contribution < 1.29 is 0 Å². The van der Waals surface area contributed by atoms with Gasteiger partial charge >= 0.3 is 0 Å². The summed E-state index contributed by atoms with van der Waals surface area (Å²) in [5.41, 5.74) is 1.89. The molecule has 0 spiro atoms. The summed E-state index contributed by atoms with van der Waals surface area (Å²) in [5.74, 6) is 0. The highest BCUT2D eigenvalue weighted by Crippen LogP contribution is 2.26. The van der Waals surface area contributed by atoms with E-state index in [0.717, 1.165) is 6.54 Å². The third-order valence-electron chi connectivity index (χ3n) is 2.67. The smallest absolute Gasteiger partial charge is 0.000525 e. The largest absolute Gasteiger partial charge is 0.319 e. The monoisotopic (exact) mass is 197 g/mol. The van der Waals surface area contributed by atoms with Crippen molar-refractivity contribution in [1.29, 1.82) is 0 Å². The van der Waals surface area contributed by atoms with Crippen molar-refractivity contribution in [2.24, 2.45) is 5.41 Å². The lowest BCUT2D eigenvalue weighted by Gasteiger charge is -2.27. The molecule has 0 aliphatic heterocycles. The molecule has 0 radical (unpaired) electrons. The van der Waals surface area contributed by atoms with E-state index >= 15 is 0 Å². The topological polar surface area (TPSA) is 12.0 Å². The Balaban J connectivity index is 2.58. The van der Waals surface area contributed by atoms with Crippen molar-refractivity contribution in [2.45, 2.75) is 26.7 Å². The molecule has 0 fully saturated rings. The van der Waals surface area contributed by atoms with E-state index in [4.69, 9.17) is 0 Å². The van der Waals surface area contributed by atoms with Crippen LogP contribution >= 0.6 is 11.3 Å². The highest BCUT2D eigenvalue weighted by molar-refractivity contribution is 7.07. The van der Waals surface area contributed by atoms with Crippen LogP contribution in [0.2, 0.25) is 0 Å². The Bertz CT molecular complexity index is 230. The van der Waals surface area contributed by atoms with E-state index in [1.807, 2.05) is 7.05 Å². The lowest BCUT2D eigenvalue weighted by Crippen LogP contribution is -2.31. The maximum Gasteiger partial charge on any atom is 0.000525 e. The molecule has 0 saturated carbocycles. The van der Waals surface area contributed by atoms with Gasteiger partial charge in [-0.3, -0.25) is 0 Å². The van der Waals surface area contributed by atoms with Gasteiger partial charge in [0.15, 0.2) is 0 Å². The van der Waals surface area contributed by atoms with Gasteiger partial charge in [0.1, 0.15) is 0 Å². The molecule has 1 nitrogen and oxygen atoms in total. The van der Waals surface area contributed by atoms with Gasteiger partial charge in [-0.25, -0.2) is 0 Å². The van der Waals surface area contributed by atoms with Gasteiger partial charge in [0.05, 0.1) is 0 Å². The van der Waals surface area contributed by atoms with E-state index in [2.05, 4.69) is 36.0 Å². The average Bonchev–Trinajstić information content (AvgIpc) is 2.57. The molecule has 0 bridgehead atoms. The summed E-state index contributed by atoms with van der Waals surface area (Å²) in [4.78, 5) is 0. The summed E-state index contributed by atoms with van der Waals surface area (Å²) >= 11 is 1.79. The second-order valence-corrected chi connectivity index (χ2v) is 4.78. The van der Waals surface area contributed by atoms with Crippen LogP contribution in [0.4, 0.5) is 0 Å². The number of rotatable bonds is 5. The summed E-state index contributed by atoms with van der Waals surface area (Å²) < 4.78 is 0. The van der Waals surface area contributed by atoms with Gasteiger partial charge in [0, 0.05) is 6.54 Å². The maximum atomic E-state index is 3.28. The number of hydrogen-bond acceptors (Lipinski definition) is 2. The molecule has 0 amide bonds. The number of hydrogen-bond donors (Lipinski definition) is 1. The van der Waals surface area contributed by atoms with E-state index in [-0.39, 0.29) is 0 Å². The van der Waals surface area contributed by atoms with Crippen LogP contribution in [0.5, 0.6) is 0 Å². The Morgan fingerprint density at radius 2 is 2.31 bits per heavy atom. The van der Waals surface area contributed by atoms with Gasteiger partial charge in [-0.05, 0) is 47.7 Å². The Hall–Kier alpha value is -0.340. The van der Waals surface area contributed by atoms with E-state index in [0.29, 0.717) is 5.41 Å². The lowest BCUT2D eigenvalue weighted by molar-refractivity contribution is 0.299. The van der Waals surface area contributed by atoms with Crippen LogP contribution < -0.4 is 5.32 Å². The molecule has 2 heteroatoms. The van der Waals surface area contributed by atoms with Crippen LogP contribution in [0, 0.1) is 5.41 Å². The standard InChI is InChI=1S/C11H19NS/c1-4-11(2,9-12-3)7-10-5-6-13-8-10/h5-6,8,12H,4,7,9H2,1-3H3. The predicted octanol–water partition coefficient (Wildman–Crippen LogP) is 2.93. The Morgan fingerprint density at radius 3 is 2.77 bits per heavy atom. The van der Waals surface area contributed by atoms with Crippen molar-refractivity contribution in [3.05, 3.63) is 22.4 Å². The molecular weight excluding hydrogens is 178 g/mol. The molecule has 1 aromatic rings. The Labute approximate surface area is 85.2 Å². The van der Waals surface area contributed by atoms with Crippen molar-refractivity contribution >= 4 is 11.3 Å². The zero-order chi connectivity index (χ0) is 9.73. The first kappa shape index (κ1) is 10.7. The van der Waals surface area contributed by atoms with E-state index in [1.54, 1.807) is 11.3 Å². The van der Waals surface area contributed by atoms with Crippen molar-refractivity contribution in [1.82, 2.24) is 5.32 Å². The van der Waals surface area contributed by atoms with Crippen LogP contribution in [0.25, 0.3) is 0 Å². The molecule has 13 heavy (non-hydrogen) atoms. The zero-order valence-corrected chi connectivity index (χ0v) is 9.58. The summed E-state index contributed by atoms with van der Waals surface area (Å²) in [5, 5.41) is 7.69. The second-order valence-electron chi connectivity index (χ2n) is 4.00. The lowest BCUT2D eigenvalue weighted by atomic mass is 9.82. The van der Waals surface area contributed by atoms with Gasteiger partial charge < -0.3 is 5.32 Å². The van der Waals surface area contributed by atoms with Crippen LogP contribution in [0.3, 0.4) is 0 Å². The summed E-state index contributed by atoms with van der Waals surface area (Å²) in [6.07, 6.45) is 2.41. The maximum absolute atomic E-state index is 3.28. The number of thiophene rings is 1.